The quantitative estimate of drug-likeness (QED) is 0.709. The van der Waals surface area contributed by atoms with Crippen LogP contribution in [0.1, 0.15) is 26.7 Å². The fourth-order valence-corrected chi connectivity index (χ4v) is 2.81. The number of hydrogen-bond donors (Lipinski definition) is 0. The highest BCUT2D eigenvalue weighted by Gasteiger charge is 2.56. The third-order valence-corrected chi connectivity index (χ3v) is 4.01. The molecule has 2 fully saturated rings. The summed E-state index contributed by atoms with van der Waals surface area (Å²) in [4.78, 5) is 23.7. The molecule has 6 heteroatoms. The van der Waals surface area contributed by atoms with Crippen LogP contribution in [0.2, 0.25) is 0 Å². The molecule has 1 heterocycles. The van der Waals surface area contributed by atoms with Gasteiger partial charge >= 0.3 is 11.9 Å². The van der Waals surface area contributed by atoms with Crippen molar-refractivity contribution >= 4 is 11.9 Å². The number of hydrogen-bond acceptors (Lipinski definition) is 6. The molecule has 1 saturated heterocycles. The van der Waals surface area contributed by atoms with Gasteiger partial charge in [-0.05, 0) is 0 Å². The Balaban J connectivity index is 2.15. The van der Waals surface area contributed by atoms with E-state index >= 15 is 0 Å². The van der Waals surface area contributed by atoms with Crippen molar-refractivity contribution in [3.8, 4) is 0 Å². The van der Waals surface area contributed by atoms with Gasteiger partial charge in [0, 0.05) is 18.3 Å². The predicted molar refractivity (Wildman–Crippen MR) is 68.7 cm³/mol. The molecular weight excluding hydrogens is 264 g/mol. The topological polar surface area (TPSA) is 71.1 Å². The Bertz CT molecular complexity index is 366. The summed E-state index contributed by atoms with van der Waals surface area (Å²) in [6, 6.07) is 0. The van der Waals surface area contributed by atoms with E-state index in [1.54, 1.807) is 0 Å². The van der Waals surface area contributed by atoms with Crippen LogP contribution in [0.4, 0.5) is 0 Å². The molecule has 1 saturated carbocycles. The minimum Gasteiger partial charge on any atom is -0.469 e. The Morgan fingerprint density at radius 3 is 1.70 bits per heavy atom. The van der Waals surface area contributed by atoms with Gasteiger partial charge in [-0.3, -0.25) is 9.59 Å². The van der Waals surface area contributed by atoms with E-state index in [0.717, 1.165) is 0 Å². The summed E-state index contributed by atoms with van der Waals surface area (Å²) in [6.07, 6.45) is 0.658. The van der Waals surface area contributed by atoms with E-state index in [-0.39, 0.29) is 5.41 Å². The van der Waals surface area contributed by atoms with Crippen molar-refractivity contribution in [2.45, 2.75) is 32.5 Å². The lowest BCUT2D eigenvalue weighted by molar-refractivity contribution is -0.296. The third-order valence-electron chi connectivity index (χ3n) is 4.01. The lowest BCUT2D eigenvalue weighted by atomic mass is 9.94. The van der Waals surface area contributed by atoms with E-state index < -0.39 is 29.6 Å². The van der Waals surface area contributed by atoms with Gasteiger partial charge in [0.2, 0.25) is 0 Å². The van der Waals surface area contributed by atoms with Gasteiger partial charge in [-0.25, -0.2) is 0 Å². The van der Waals surface area contributed by atoms with Gasteiger partial charge in [0.15, 0.2) is 5.79 Å². The summed E-state index contributed by atoms with van der Waals surface area (Å²) >= 11 is 0. The largest absolute Gasteiger partial charge is 0.469 e. The van der Waals surface area contributed by atoms with Gasteiger partial charge in [-0.1, -0.05) is 13.8 Å². The predicted octanol–water partition coefficient (Wildman–Crippen LogP) is 1.13. The summed E-state index contributed by atoms with van der Waals surface area (Å²) in [5, 5.41) is 0. The summed E-state index contributed by atoms with van der Waals surface area (Å²) < 4.78 is 21.3. The van der Waals surface area contributed by atoms with Crippen LogP contribution in [0, 0.1) is 17.3 Å². The van der Waals surface area contributed by atoms with Crippen LogP contribution >= 0.6 is 0 Å². The van der Waals surface area contributed by atoms with Gasteiger partial charge in [0.25, 0.3) is 0 Å². The summed E-state index contributed by atoms with van der Waals surface area (Å²) in [7, 11) is 2.63. The molecule has 114 valence electrons. The molecule has 0 unspecified atom stereocenters. The second-order valence-corrected chi connectivity index (χ2v) is 6.32. The van der Waals surface area contributed by atoms with E-state index in [1.165, 1.54) is 14.2 Å². The van der Waals surface area contributed by atoms with Gasteiger partial charge < -0.3 is 18.9 Å². The minimum absolute atomic E-state index is 0.0602. The first-order chi connectivity index (χ1) is 9.32. The number of carbonyl (C=O) groups is 2. The molecule has 20 heavy (non-hydrogen) atoms. The Hall–Kier alpha value is -1.14. The first kappa shape index (κ1) is 15.3. The monoisotopic (exact) mass is 286 g/mol. The molecule has 0 bridgehead atoms. The van der Waals surface area contributed by atoms with Crippen molar-refractivity contribution < 1.29 is 28.5 Å². The number of ether oxygens (including phenoxy) is 4. The van der Waals surface area contributed by atoms with Gasteiger partial charge in [-0.15, -0.1) is 0 Å². The standard InChI is InChI=1S/C14H22O6/c1-13(2)7-19-14(20-8-13)5-9(11(15)17-3)10(6-14)12(16)18-4/h9-10H,5-8H2,1-4H3/t9-,10+. The molecule has 0 aromatic heterocycles. The second kappa shape index (κ2) is 5.33. The summed E-state index contributed by atoms with van der Waals surface area (Å²) in [5.41, 5.74) is -0.0602. The zero-order valence-electron chi connectivity index (χ0n) is 12.4. The highest BCUT2D eigenvalue weighted by molar-refractivity contribution is 5.83. The molecule has 1 aliphatic heterocycles. The molecule has 0 aromatic carbocycles. The molecule has 0 aromatic rings. The maximum absolute atomic E-state index is 11.9. The molecule has 2 rings (SSSR count). The highest BCUT2D eigenvalue weighted by atomic mass is 16.7. The lowest BCUT2D eigenvalue weighted by Crippen LogP contribution is -2.46. The molecule has 2 atom stereocenters. The van der Waals surface area contributed by atoms with E-state index in [1.807, 2.05) is 13.8 Å². The smallest absolute Gasteiger partial charge is 0.309 e. The number of carbonyl (C=O) groups excluding carboxylic acids is 2. The zero-order chi connectivity index (χ0) is 15.0. The first-order valence-corrected chi connectivity index (χ1v) is 6.76. The maximum atomic E-state index is 11.9. The van der Waals surface area contributed by atoms with Crippen molar-refractivity contribution in [2.24, 2.45) is 17.3 Å². The van der Waals surface area contributed by atoms with Crippen molar-refractivity contribution in [3.63, 3.8) is 0 Å². The van der Waals surface area contributed by atoms with Crippen LogP contribution in [0.15, 0.2) is 0 Å². The van der Waals surface area contributed by atoms with Crippen LogP contribution in [0.3, 0.4) is 0 Å². The molecule has 1 spiro atoms. The van der Waals surface area contributed by atoms with Crippen molar-refractivity contribution in [1.29, 1.82) is 0 Å². The van der Waals surface area contributed by atoms with E-state index in [2.05, 4.69) is 0 Å². The molecular formula is C14H22O6. The Labute approximate surface area is 118 Å². The van der Waals surface area contributed by atoms with Gasteiger partial charge in [0.1, 0.15) is 0 Å². The Morgan fingerprint density at radius 1 is 0.950 bits per heavy atom. The van der Waals surface area contributed by atoms with Crippen LogP contribution in [0.5, 0.6) is 0 Å². The van der Waals surface area contributed by atoms with E-state index in [4.69, 9.17) is 18.9 Å². The van der Waals surface area contributed by atoms with Gasteiger partial charge in [0.05, 0.1) is 39.3 Å². The van der Waals surface area contributed by atoms with Crippen molar-refractivity contribution in [1.82, 2.24) is 0 Å². The number of esters is 2. The highest BCUT2D eigenvalue weighted by Crippen LogP contribution is 2.47. The summed E-state index contributed by atoms with van der Waals surface area (Å²) in [6.45, 7) is 5.17. The second-order valence-electron chi connectivity index (χ2n) is 6.32. The number of methoxy groups -OCH3 is 2. The number of rotatable bonds is 2. The van der Waals surface area contributed by atoms with E-state index in [9.17, 15) is 9.59 Å². The molecule has 1 aliphatic carbocycles. The average molecular weight is 286 g/mol. The zero-order valence-corrected chi connectivity index (χ0v) is 12.4. The average Bonchev–Trinajstić information content (AvgIpc) is 2.81. The Kier molecular flexibility index (Phi) is 4.07. The third kappa shape index (κ3) is 2.81. The summed E-state index contributed by atoms with van der Waals surface area (Å²) in [5.74, 6) is -2.86. The SMILES string of the molecule is COC(=O)[C@H]1CC2(C[C@H]1C(=O)OC)OCC(C)(C)CO2. The van der Waals surface area contributed by atoms with Crippen molar-refractivity contribution in [3.05, 3.63) is 0 Å². The van der Waals surface area contributed by atoms with Crippen LogP contribution in [0.25, 0.3) is 0 Å². The first-order valence-electron chi connectivity index (χ1n) is 6.76. The normalized spacial score (nSPS) is 31.0. The lowest BCUT2D eigenvalue weighted by Gasteiger charge is -2.41. The Morgan fingerprint density at radius 2 is 1.35 bits per heavy atom. The molecule has 0 radical (unpaired) electrons. The van der Waals surface area contributed by atoms with Crippen molar-refractivity contribution in [2.75, 3.05) is 27.4 Å². The molecule has 6 nitrogen and oxygen atoms in total. The molecule has 0 N–H and O–H groups in total. The maximum Gasteiger partial charge on any atom is 0.309 e. The minimum atomic E-state index is -0.868. The van der Waals surface area contributed by atoms with Gasteiger partial charge in [-0.2, -0.15) is 0 Å². The van der Waals surface area contributed by atoms with Crippen LogP contribution in [-0.4, -0.2) is 45.2 Å². The fraction of sp³-hybridized carbons (Fsp3) is 0.857. The van der Waals surface area contributed by atoms with E-state index in [0.29, 0.717) is 26.1 Å². The molecule has 2 aliphatic rings. The van der Waals surface area contributed by atoms with Crippen LogP contribution < -0.4 is 0 Å². The molecule has 0 amide bonds. The van der Waals surface area contributed by atoms with Crippen LogP contribution in [-0.2, 0) is 28.5 Å². The fourth-order valence-electron chi connectivity index (χ4n) is 2.81.